The summed E-state index contributed by atoms with van der Waals surface area (Å²) in [6.07, 6.45) is 4.48. The highest BCUT2D eigenvalue weighted by atomic mass is 15.3. The molecular formula is C12H23N5. The van der Waals surface area contributed by atoms with Gasteiger partial charge >= 0.3 is 0 Å². The second kappa shape index (κ2) is 6.93. The molecule has 0 radical (unpaired) electrons. The van der Waals surface area contributed by atoms with E-state index in [1.54, 1.807) is 7.05 Å². The highest BCUT2D eigenvalue weighted by molar-refractivity contribution is 5.79. The van der Waals surface area contributed by atoms with Gasteiger partial charge in [0.05, 0.1) is 5.69 Å². The topological polar surface area (TPSA) is 54.2 Å². The second-order valence-corrected chi connectivity index (χ2v) is 4.03. The molecule has 17 heavy (non-hydrogen) atoms. The largest absolute Gasteiger partial charge is 0.359 e. The van der Waals surface area contributed by atoms with Gasteiger partial charge in [0.2, 0.25) is 0 Å². The molecule has 0 saturated heterocycles. The van der Waals surface area contributed by atoms with Gasteiger partial charge < -0.3 is 10.6 Å². The molecule has 1 heterocycles. The first-order chi connectivity index (χ1) is 8.21. The third kappa shape index (κ3) is 4.09. The van der Waals surface area contributed by atoms with E-state index in [4.69, 9.17) is 0 Å². The normalized spacial score (nSPS) is 11.6. The van der Waals surface area contributed by atoms with Gasteiger partial charge in [-0.2, -0.15) is 5.10 Å². The first-order valence-corrected chi connectivity index (χ1v) is 6.12. The number of guanidine groups is 1. The minimum Gasteiger partial charge on any atom is -0.359 e. The minimum atomic E-state index is 0.755. The number of aryl methyl sites for hydroxylation is 2. The zero-order valence-corrected chi connectivity index (χ0v) is 11.2. The van der Waals surface area contributed by atoms with E-state index in [1.165, 1.54) is 18.4 Å². The van der Waals surface area contributed by atoms with Crippen molar-refractivity contribution in [3.05, 3.63) is 17.5 Å². The molecule has 0 amide bonds. The SMILES string of the molecule is CCCCn1cc(CNC(=NC)NC)c(C)n1. The molecule has 1 aromatic rings. The number of hydrogen-bond donors (Lipinski definition) is 2. The van der Waals surface area contributed by atoms with Crippen LogP contribution in [-0.2, 0) is 13.1 Å². The van der Waals surface area contributed by atoms with Gasteiger partial charge in [0, 0.05) is 38.9 Å². The van der Waals surface area contributed by atoms with Crippen LogP contribution in [0.15, 0.2) is 11.2 Å². The van der Waals surface area contributed by atoms with Crippen LogP contribution in [0, 0.1) is 6.92 Å². The van der Waals surface area contributed by atoms with Crippen LogP contribution < -0.4 is 10.6 Å². The molecule has 0 aliphatic heterocycles. The number of aliphatic imine (C=N–C) groups is 1. The van der Waals surface area contributed by atoms with E-state index in [-0.39, 0.29) is 0 Å². The predicted molar refractivity (Wildman–Crippen MR) is 71.1 cm³/mol. The average Bonchev–Trinajstić information content (AvgIpc) is 2.69. The van der Waals surface area contributed by atoms with Gasteiger partial charge in [-0.1, -0.05) is 13.3 Å². The van der Waals surface area contributed by atoms with Gasteiger partial charge in [-0.05, 0) is 13.3 Å². The maximum Gasteiger partial charge on any atom is 0.190 e. The van der Waals surface area contributed by atoms with Crippen molar-refractivity contribution in [1.82, 2.24) is 20.4 Å². The molecule has 0 unspecified atom stereocenters. The molecule has 0 spiro atoms. The standard InChI is InChI=1S/C12H23N5/c1-5-6-7-17-9-11(10(2)16-17)8-15-12(13-3)14-4/h9H,5-8H2,1-4H3,(H2,13,14,15). The lowest BCUT2D eigenvalue weighted by atomic mass is 10.2. The molecule has 0 fully saturated rings. The first-order valence-electron chi connectivity index (χ1n) is 6.12. The molecule has 96 valence electrons. The van der Waals surface area contributed by atoms with Crippen LogP contribution in [0.5, 0.6) is 0 Å². The van der Waals surface area contributed by atoms with Crippen molar-refractivity contribution in [2.45, 2.75) is 39.8 Å². The van der Waals surface area contributed by atoms with Crippen molar-refractivity contribution in [3.63, 3.8) is 0 Å². The lowest BCUT2D eigenvalue weighted by Crippen LogP contribution is -2.34. The average molecular weight is 237 g/mol. The smallest absolute Gasteiger partial charge is 0.190 e. The molecule has 5 heteroatoms. The fraction of sp³-hybridized carbons (Fsp3) is 0.667. The summed E-state index contributed by atoms with van der Waals surface area (Å²) in [7, 11) is 3.61. The van der Waals surface area contributed by atoms with Gasteiger partial charge in [-0.25, -0.2) is 0 Å². The summed E-state index contributed by atoms with van der Waals surface area (Å²) in [6, 6.07) is 0. The fourth-order valence-electron chi connectivity index (χ4n) is 1.63. The van der Waals surface area contributed by atoms with Crippen LogP contribution in [0.1, 0.15) is 31.0 Å². The Morgan fingerprint density at radius 1 is 1.53 bits per heavy atom. The Hall–Kier alpha value is -1.52. The van der Waals surface area contributed by atoms with Crippen molar-refractivity contribution < 1.29 is 0 Å². The summed E-state index contributed by atoms with van der Waals surface area (Å²) >= 11 is 0. The summed E-state index contributed by atoms with van der Waals surface area (Å²) in [6.45, 7) is 5.99. The molecule has 0 aliphatic carbocycles. The zero-order valence-electron chi connectivity index (χ0n) is 11.2. The van der Waals surface area contributed by atoms with E-state index < -0.39 is 0 Å². The van der Waals surface area contributed by atoms with Crippen molar-refractivity contribution in [2.75, 3.05) is 14.1 Å². The maximum absolute atomic E-state index is 4.49. The predicted octanol–water partition coefficient (Wildman–Crippen LogP) is 1.29. The van der Waals surface area contributed by atoms with Crippen LogP contribution >= 0.6 is 0 Å². The molecule has 0 saturated carbocycles. The number of nitrogens with zero attached hydrogens (tertiary/aromatic N) is 3. The highest BCUT2D eigenvalue weighted by Gasteiger charge is 2.05. The summed E-state index contributed by atoms with van der Waals surface area (Å²) in [5.74, 6) is 0.797. The van der Waals surface area contributed by atoms with E-state index >= 15 is 0 Å². The van der Waals surface area contributed by atoms with Crippen molar-refractivity contribution in [1.29, 1.82) is 0 Å². The monoisotopic (exact) mass is 237 g/mol. The molecule has 1 rings (SSSR count). The molecule has 0 aliphatic rings. The summed E-state index contributed by atoms with van der Waals surface area (Å²) in [5.41, 5.74) is 2.30. The third-order valence-corrected chi connectivity index (χ3v) is 2.70. The van der Waals surface area contributed by atoms with Crippen molar-refractivity contribution in [2.24, 2.45) is 4.99 Å². The fourth-order valence-corrected chi connectivity index (χ4v) is 1.63. The van der Waals surface area contributed by atoms with Crippen LogP contribution in [-0.4, -0.2) is 29.8 Å². The van der Waals surface area contributed by atoms with Crippen molar-refractivity contribution in [3.8, 4) is 0 Å². The number of hydrogen-bond acceptors (Lipinski definition) is 2. The Balaban J connectivity index is 2.56. The van der Waals surface area contributed by atoms with E-state index in [9.17, 15) is 0 Å². The zero-order chi connectivity index (χ0) is 12.7. The van der Waals surface area contributed by atoms with Gasteiger partial charge in [0.25, 0.3) is 0 Å². The van der Waals surface area contributed by atoms with Crippen LogP contribution in [0.3, 0.4) is 0 Å². The summed E-state index contributed by atoms with van der Waals surface area (Å²) in [5, 5.41) is 10.7. The Kier molecular flexibility index (Phi) is 5.52. The summed E-state index contributed by atoms with van der Waals surface area (Å²) < 4.78 is 2.03. The number of nitrogens with one attached hydrogen (secondary N) is 2. The van der Waals surface area contributed by atoms with Gasteiger partial charge in [0.1, 0.15) is 0 Å². The first kappa shape index (κ1) is 13.5. The Morgan fingerprint density at radius 2 is 2.29 bits per heavy atom. The van der Waals surface area contributed by atoms with Crippen LogP contribution in [0.4, 0.5) is 0 Å². The molecule has 5 nitrogen and oxygen atoms in total. The van der Waals surface area contributed by atoms with E-state index in [0.717, 1.165) is 24.7 Å². The third-order valence-electron chi connectivity index (χ3n) is 2.70. The molecule has 0 aromatic carbocycles. The van der Waals surface area contributed by atoms with Crippen molar-refractivity contribution >= 4 is 5.96 Å². The highest BCUT2D eigenvalue weighted by Crippen LogP contribution is 2.06. The van der Waals surface area contributed by atoms with Gasteiger partial charge in [-0.15, -0.1) is 0 Å². The lowest BCUT2D eigenvalue weighted by molar-refractivity contribution is 0.568. The lowest BCUT2D eigenvalue weighted by Gasteiger charge is -2.07. The molecular weight excluding hydrogens is 214 g/mol. The number of unbranched alkanes of at least 4 members (excludes halogenated alkanes) is 1. The maximum atomic E-state index is 4.49. The van der Waals surface area contributed by atoms with Gasteiger partial charge in [0.15, 0.2) is 5.96 Å². The summed E-state index contributed by atoms with van der Waals surface area (Å²) in [4.78, 5) is 4.07. The molecule has 0 bridgehead atoms. The Labute approximate surface area is 103 Å². The minimum absolute atomic E-state index is 0.755. The molecule has 2 N–H and O–H groups in total. The van der Waals surface area contributed by atoms with E-state index in [1.807, 2.05) is 18.7 Å². The quantitative estimate of drug-likeness (QED) is 0.599. The van der Waals surface area contributed by atoms with E-state index in [2.05, 4.69) is 33.8 Å². The molecule has 0 atom stereocenters. The Morgan fingerprint density at radius 3 is 2.88 bits per heavy atom. The number of aromatic nitrogens is 2. The van der Waals surface area contributed by atoms with E-state index in [0.29, 0.717) is 0 Å². The number of rotatable bonds is 5. The Bertz CT molecular complexity index is 367. The second-order valence-electron chi connectivity index (χ2n) is 4.03. The molecule has 1 aromatic heterocycles. The van der Waals surface area contributed by atoms with Crippen LogP contribution in [0.25, 0.3) is 0 Å². The van der Waals surface area contributed by atoms with Crippen LogP contribution in [0.2, 0.25) is 0 Å². The van der Waals surface area contributed by atoms with Gasteiger partial charge in [-0.3, -0.25) is 9.67 Å².